The molecule has 30 heavy (non-hydrogen) atoms. The van der Waals surface area contributed by atoms with Crippen LogP contribution in [0.1, 0.15) is 0 Å². The van der Waals surface area contributed by atoms with Crippen LogP contribution >= 0.6 is 0 Å². The number of nitrogens with zero attached hydrogens (tertiary/aromatic N) is 4. The number of anilines is 2. The minimum atomic E-state index is -0.291. The zero-order valence-electron chi connectivity index (χ0n) is 16.2. The van der Waals surface area contributed by atoms with Crippen LogP contribution in [-0.2, 0) is 0 Å². The minimum Gasteiger partial charge on any atom is -0.338 e. The van der Waals surface area contributed by atoms with Crippen molar-refractivity contribution >= 4 is 22.6 Å². The summed E-state index contributed by atoms with van der Waals surface area (Å²) in [6.07, 6.45) is 0. The van der Waals surface area contributed by atoms with Gasteiger partial charge in [-0.3, -0.25) is 4.90 Å². The highest BCUT2D eigenvalue weighted by Gasteiger charge is 2.18. The smallest absolute Gasteiger partial charge is 0.233 e. The summed E-state index contributed by atoms with van der Waals surface area (Å²) in [4.78, 5) is 11.4. The van der Waals surface area contributed by atoms with E-state index in [-0.39, 0.29) is 5.82 Å². The fourth-order valence-electron chi connectivity index (χ4n) is 3.32. The van der Waals surface area contributed by atoms with E-state index in [1.165, 1.54) is 12.1 Å². The Morgan fingerprint density at radius 2 is 1.53 bits per heavy atom. The second-order valence-corrected chi connectivity index (χ2v) is 6.87. The standard InChI is InChI=1S/C24H17FN4O/c1-29(22-15-21(28-30-22)16-11-13-18(25)14-12-16)24-19-9-5-6-10-20(19)26-23(27-24)17-7-3-2-4-8-17/h2-15H,1H3. The molecule has 0 aliphatic carbocycles. The number of aromatic nitrogens is 3. The molecule has 0 radical (unpaired) electrons. The first-order chi connectivity index (χ1) is 14.7. The van der Waals surface area contributed by atoms with Gasteiger partial charge in [-0.15, -0.1) is 0 Å². The number of hydrogen-bond acceptors (Lipinski definition) is 5. The molecular weight excluding hydrogens is 379 g/mol. The van der Waals surface area contributed by atoms with Crippen molar-refractivity contribution in [3.8, 4) is 22.6 Å². The summed E-state index contributed by atoms with van der Waals surface area (Å²) in [5.74, 6) is 1.58. The van der Waals surface area contributed by atoms with E-state index in [1.807, 2.05) is 72.6 Å². The molecule has 0 bridgehead atoms. The van der Waals surface area contributed by atoms with E-state index in [2.05, 4.69) is 5.16 Å². The monoisotopic (exact) mass is 396 g/mol. The lowest BCUT2D eigenvalue weighted by molar-refractivity contribution is 0.428. The highest BCUT2D eigenvalue weighted by molar-refractivity contribution is 5.92. The predicted octanol–water partition coefficient (Wildman–Crippen LogP) is 5.86. The third kappa shape index (κ3) is 3.28. The Hall–Kier alpha value is -4.06. The van der Waals surface area contributed by atoms with E-state index in [0.717, 1.165) is 22.0 Å². The third-order valence-electron chi connectivity index (χ3n) is 4.90. The van der Waals surface area contributed by atoms with Crippen molar-refractivity contribution in [2.45, 2.75) is 0 Å². The molecule has 0 fully saturated rings. The van der Waals surface area contributed by atoms with Gasteiger partial charge in [0.2, 0.25) is 5.88 Å². The van der Waals surface area contributed by atoms with Gasteiger partial charge in [0.15, 0.2) is 5.82 Å². The summed E-state index contributed by atoms with van der Waals surface area (Å²) < 4.78 is 18.8. The maximum absolute atomic E-state index is 13.2. The van der Waals surface area contributed by atoms with Crippen LogP contribution in [0.15, 0.2) is 89.5 Å². The molecule has 0 aliphatic rings. The summed E-state index contributed by atoms with van der Waals surface area (Å²) in [6.45, 7) is 0. The molecule has 0 atom stereocenters. The summed E-state index contributed by atoms with van der Waals surface area (Å²) in [7, 11) is 1.87. The van der Waals surface area contributed by atoms with Crippen molar-refractivity contribution in [1.29, 1.82) is 0 Å². The second-order valence-electron chi connectivity index (χ2n) is 6.87. The van der Waals surface area contributed by atoms with Gasteiger partial charge in [0.25, 0.3) is 0 Å². The van der Waals surface area contributed by atoms with Crippen LogP contribution in [0.3, 0.4) is 0 Å². The van der Waals surface area contributed by atoms with Crippen molar-refractivity contribution in [1.82, 2.24) is 15.1 Å². The highest BCUT2D eigenvalue weighted by Crippen LogP contribution is 2.33. The largest absolute Gasteiger partial charge is 0.338 e. The zero-order valence-corrected chi connectivity index (χ0v) is 16.2. The molecule has 146 valence electrons. The molecule has 0 unspecified atom stereocenters. The Morgan fingerprint density at radius 3 is 2.33 bits per heavy atom. The molecule has 0 saturated heterocycles. The van der Waals surface area contributed by atoms with Gasteiger partial charge in [-0.1, -0.05) is 47.6 Å². The van der Waals surface area contributed by atoms with Crippen LogP contribution in [0.4, 0.5) is 16.1 Å². The zero-order chi connectivity index (χ0) is 20.5. The molecule has 6 heteroatoms. The van der Waals surface area contributed by atoms with Crippen molar-refractivity contribution in [2.75, 3.05) is 11.9 Å². The number of hydrogen-bond donors (Lipinski definition) is 0. The first-order valence-corrected chi connectivity index (χ1v) is 9.47. The Morgan fingerprint density at radius 1 is 0.800 bits per heavy atom. The van der Waals surface area contributed by atoms with Gasteiger partial charge in [0.05, 0.1) is 5.52 Å². The Bertz CT molecular complexity index is 1320. The maximum Gasteiger partial charge on any atom is 0.233 e. The molecular formula is C24H17FN4O. The predicted molar refractivity (Wildman–Crippen MR) is 115 cm³/mol. The number of halogens is 1. The molecule has 0 saturated carbocycles. The van der Waals surface area contributed by atoms with Crippen LogP contribution in [0, 0.1) is 5.82 Å². The molecule has 3 aromatic carbocycles. The van der Waals surface area contributed by atoms with E-state index in [9.17, 15) is 4.39 Å². The van der Waals surface area contributed by atoms with Crippen LogP contribution in [-0.4, -0.2) is 22.2 Å². The first-order valence-electron chi connectivity index (χ1n) is 9.47. The lowest BCUT2D eigenvalue weighted by Crippen LogP contribution is -2.12. The second kappa shape index (κ2) is 7.40. The van der Waals surface area contributed by atoms with Gasteiger partial charge in [-0.05, 0) is 36.4 Å². The van der Waals surface area contributed by atoms with E-state index < -0.39 is 0 Å². The molecule has 0 amide bonds. The summed E-state index contributed by atoms with van der Waals surface area (Å²) in [6, 6.07) is 25.7. The van der Waals surface area contributed by atoms with Crippen molar-refractivity contribution in [3.05, 3.63) is 90.7 Å². The normalized spacial score (nSPS) is 11.0. The van der Waals surface area contributed by atoms with E-state index in [0.29, 0.717) is 23.2 Å². The summed E-state index contributed by atoms with van der Waals surface area (Å²) in [5.41, 5.74) is 3.17. The number of benzene rings is 3. The van der Waals surface area contributed by atoms with Gasteiger partial charge in [0, 0.05) is 29.6 Å². The fourth-order valence-corrected chi connectivity index (χ4v) is 3.32. The minimum absolute atomic E-state index is 0.291. The molecule has 5 rings (SSSR count). The van der Waals surface area contributed by atoms with E-state index in [1.54, 1.807) is 12.1 Å². The van der Waals surface area contributed by atoms with Crippen molar-refractivity contribution in [3.63, 3.8) is 0 Å². The molecule has 0 spiro atoms. The quantitative estimate of drug-likeness (QED) is 0.381. The van der Waals surface area contributed by atoms with Crippen molar-refractivity contribution in [2.24, 2.45) is 0 Å². The van der Waals surface area contributed by atoms with Gasteiger partial charge < -0.3 is 4.52 Å². The van der Waals surface area contributed by atoms with Crippen LogP contribution in [0.5, 0.6) is 0 Å². The van der Waals surface area contributed by atoms with Gasteiger partial charge in [-0.2, -0.15) is 0 Å². The Balaban J connectivity index is 1.59. The number of fused-ring (bicyclic) bond motifs is 1. The SMILES string of the molecule is CN(c1cc(-c2ccc(F)cc2)no1)c1nc(-c2ccccc2)nc2ccccc12. The lowest BCUT2D eigenvalue weighted by Gasteiger charge is -2.17. The highest BCUT2D eigenvalue weighted by atomic mass is 19.1. The molecule has 5 aromatic rings. The maximum atomic E-state index is 13.2. The average molecular weight is 396 g/mol. The van der Waals surface area contributed by atoms with Gasteiger partial charge in [-0.25, -0.2) is 14.4 Å². The van der Waals surface area contributed by atoms with Crippen LogP contribution < -0.4 is 4.90 Å². The molecule has 0 aliphatic heterocycles. The fraction of sp³-hybridized carbons (Fsp3) is 0.0417. The van der Waals surface area contributed by atoms with Crippen LogP contribution in [0.2, 0.25) is 0 Å². The topological polar surface area (TPSA) is 55.1 Å². The summed E-state index contributed by atoms with van der Waals surface area (Å²) in [5, 5.41) is 5.04. The molecule has 2 aromatic heterocycles. The summed E-state index contributed by atoms with van der Waals surface area (Å²) >= 11 is 0. The molecule has 0 N–H and O–H groups in total. The van der Waals surface area contributed by atoms with Gasteiger partial charge in [0.1, 0.15) is 17.3 Å². The molecule has 2 heterocycles. The van der Waals surface area contributed by atoms with E-state index >= 15 is 0 Å². The first kappa shape index (κ1) is 18.0. The number of para-hydroxylation sites is 1. The van der Waals surface area contributed by atoms with Crippen molar-refractivity contribution < 1.29 is 8.91 Å². The van der Waals surface area contributed by atoms with Crippen LogP contribution in [0.25, 0.3) is 33.5 Å². The number of rotatable bonds is 4. The molecule has 5 nitrogen and oxygen atoms in total. The third-order valence-corrected chi connectivity index (χ3v) is 4.90. The lowest BCUT2D eigenvalue weighted by atomic mass is 10.1. The van der Waals surface area contributed by atoms with E-state index in [4.69, 9.17) is 14.5 Å². The average Bonchev–Trinajstić information content (AvgIpc) is 3.29. The Kier molecular flexibility index (Phi) is 4.44. The van der Waals surface area contributed by atoms with Gasteiger partial charge >= 0.3 is 0 Å². The Labute approximate surface area is 172 Å².